The Morgan fingerprint density at radius 1 is 0.433 bits per heavy atom. The first-order chi connectivity index (χ1) is 41.5. The zero-order chi connectivity index (χ0) is 66.8. The average molecular weight is 1490 g/mol. The van der Waals surface area contributed by atoms with Gasteiger partial charge < -0.3 is 69.0 Å². The average Bonchev–Trinajstić information content (AvgIpc) is 1.45. The summed E-state index contributed by atoms with van der Waals surface area (Å²) in [6, 6.07) is 31.0. The lowest BCUT2D eigenvalue weighted by Gasteiger charge is -2.44. The molecular formula is C57H108O19Si14. The fraction of sp³-hybridized carbons (Fsp3) is 0.632. The van der Waals surface area contributed by atoms with E-state index in [4.69, 9.17) is 69.0 Å². The molecule has 3 aliphatic heterocycles. The highest BCUT2D eigenvalue weighted by Gasteiger charge is 2.59. The highest BCUT2D eigenvalue weighted by molar-refractivity contribution is 7.08. The molecule has 3 aliphatic rings. The van der Waals surface area contributed by atoms with Gasteiger partial charge >= 0.3 is 103 Å². The van der Waals surface area contributed by atoms with Crippen molar-refractivity contribution in [1.29, 1.82) is 0 Å². The van der Waals surface area contributed by atoms with Crippen LogP contribution in [0.25, 0.3) is 0 Å². The highest BCUT2D eigenvalue weighted by atomic mass is 28.5. The lowest BCUT2D eigenvalue weighted by molar-refractivity contribution is 0.149. The summed E-state index contributed by atoms with van der Waals surface area (Å²) < 4.78 is 109. The highest BCUT2D eigenvalue weighted by Crippen LogP contribution is 2.39. The Kier molecular flexibility index (Phi) is 27.1. The van der Waals surface area contributed by atoms with E-state index < -0.39 is 125 Å². The molecule has 33 heteroatoms. The molecule has 506 valence electrons. The fourth-order valence-corrected chi connectivity index (χ4v) is 91.5. The van der Waals surface area contributed by atoms with Crippen LogP contribution in [0.3, 0.4) is 0 Å². The van der Waals surface area contributed by atoms with Crippen molar-refractivity contribution in [3.05, 3.63) is 108 Å². The van der Waals surface area contributed by atoms with E-state index in [1.54, 1.807) is 0 Å². The van der Waals surface area contributed by atoms with Crippen LogP contribution in [-0.2, 0) is 88.8 Å². The van der Waals surface area contributed by atoms with Crippen LogP contribution in [0.4, 0.5) is 14.4 Å². The van der Waals surface area contributed by atoms with E-state index in [-0.39, 0.29) is 37.2 Å². The van der Waals surface area contributed by atoms with Crippen LogP contribution >= 0.6 is 0 Å². The molecule has 0 bridgehead atoms. The first-order valence-corrected chi connectivity index (χ1v) is 69.8. The summed E-state index contributed by atoms with van der Waals surface area (Å²) in [7, 11) is -40.7. The maximum atomic E-state index is 14.9. The summed E-state index contributed by atoms with van der Waals surface area (Å²) in [5.41, 5.74) is 3.56. The largest absolute Gasteiger partial charge is 0.463 e. The Balaban J connectivity index is 1.09. The Labute approximate surface area is 554 Å². The van der Waals surface area contributed by atoms with Gasteiger partial charge in [-0.1, -0.05) is 91.0 Å². The van der Waals surface area contributed by atoms with Gasteiger partial charge in [-0.2, -0.15) is 0 Å². The normalized spacial score (nSPS) is 28.3. The van der Waals surface area contributed by atoms with Crippen LogP contribution in [-0.4, -0.2) is 162 Å². The molecule has 8 atom stereocenters. The number of benzene rings is 3. The second kappa shape index (κ2) is 31.4. The molecule has 0 spiro atoms. The molecule has 0 saturated carbocycles. The van der Waals surface area contributed by atoms with Gasteiger partial charge in [-0.3, -0.25) is 14.4 Å². The van der Waals surface area contributed by atoms with Crippen LogP contribution < -0.4 is 0 Å². The van der Waals surface area contributed by atoms with Gasteiger partial charge in [0.2, 0.25) is 0 Å². The van der Waals surface area contributed by atoms with Crippen molar-refractivity contribution in [3.8, 4) is 0 Å². The summed E-state index contributed by atoms with van der Waals surface area (Å²) in [5, 5.41) is 0. The number of carbonyl (C=O) groups excluding carboxylic acids is 3. The van der Waals surface area contributed by atoms with Gasteiger partial charge in [0.15, 0.2) is 33.3 Å². The van der Waals surface area contributed by atoms with Crippen LogP contribution in [0, 0.1) is 0 Å². The molecule has 8 unspecified atom stereocenters. The molecule has 3 aromatic carbocycles. The Morgan fingerprint density at radius 3 is 1.20 bits per heavy atom. The molecule has 0 N–H and O–H groups in total. The SMILES string of the molecule is C[SiH](O[Si](C)(C)O[Si](C)(C)C[Si]1(C)OCCC[Si](C)(C(=O)OCc2ccccc2)O1)O[Si](C)(C)O[Si](C)(C)C[Si]1(C)OCCC[Si](C)(C[Si](C)(C)O[Si](C)(C)OC[Si]2(C)OCCC[Si](C)(C(=O)OCc3ccccc3)O2)O[Si](C)(C(=O)OCc2ccccc2)O1. The molecule has 3 heterocycles. The van der Waals surface area contributed by atoms with Gasteiger partial charge in [-0.25, -0.2) is 0 Å². The summed E-state index contributed by atoms with van der Waals surface area (Å²) in [6.07, 6.45) is 2.39. The van der Waals surface area contributed by atoms with Crippen molar-refractivity contribution in [3.63, 3.8) is 0 Å². The topological polar surface area (TPSA) is 199 Å². The van der Waals surface area contributed by atoms with Gasteiger partial charge in [0.25, 0.3) is 0 Å². The second-order valence-corrected chi connectivity index (χ2v) is 81.7. The summed E-state index contributed by atoms with van der Waals surface area (Å²) in [6.45, 7) is 43.6. The van der Waals surface area contributed by atoms with E-state index in [0.717, 1.165) is 35.6 Å². The van der Waals surface area contributed by atoms with Crippen molar-refractivity contribution in [2.75, 3.05) is 26.1 Å². The summed E-state index contributed by atoms with van der Waals surface area (Å²) in [5.74, 6) is 0. The lowest BCUT2D eigenvalue weighted by atomic mass is 10.2. The lowest BCUT2D eigenvalue weighted by Crippen LogP contribution is -2.64. The molecule has 90 heavy (non-hydrogen) atoms. The molecule has 0 radical (unpaired) electrons. The van der Waals surface area contributed by atoms with E-state index >= 15 is 0 Å². The molecule has 3 aromatic rings. The molecule has 6 rings (SSSR count). The van der Waals surface area contributed by atoms with Crippen LogP contribution in [0.15, 0.2) is 91.0 Å². The van der Waals surface area contributed by atoms with E-state index in [2.05, 4.69) is 91.7 Å². The molecular weight excluding hydrogens is 1380 g/mol. The monoisotopic (exact) mass is 1490 g/mol. The Morgan fingerprint density at radius 2 is 0.778 bits per heavy atom. The first-order valence-electron chi connectivity index (χ1n) is 32.0. The Hall–Kier alpha value is -1.41. The first kappa shape index (κ1) is 77.6. The van der Waals surface area contributed by atoms with Gasteiger partial charge in [-0.05, 0) is 191 Å². The maximum Gasteiger partial charge on any atom is 0.440 e. The van der Waals surface area contributed by atoms with Crippen molar-refractivity contribution in [2.24, 2.45) is 0 Å². The van der Waals surface area contributed by atoms with E-state index in [1.807, 2.05) is 130 Å². The third kappa shape index (κ3) is 24.9. The van der Waals surface area contributed by atoms with Crippen molar-refractivity contribution < 1.29 is 83.3 Å². The molecule has 3 fully saturated rings. The van der Waals surface area contributed by atoms with Crippen LogP contribution in [0.1, 0.15) is 36.0 Å². The molecule has 19 nitrogen and oxygen atoms in total. The summed E-state index contributed by atoms with van der Waals surface area (Å²) >= 11 is 0. The van der Waals surface area contributed by atoms with Crippen molar-refractivity contribution in [1.82, 2.24) is 0 Å². The van der Waals surface area contributed by atoms with Crippen molar-refractivity contribution >= 4 is 136 Å². The Bertz CT molecular complexity index is 2820. The van der Waals surface area contributed by atoms with Gasteiger partial charge in [0.05, 0.1) is 6.23 Å². The third-order valence-electron chi connectivity index (χ3n) is 15.7. The van der Waals surface area contributed by atoms with Crippen molar-refractivity contribution in [2.45, 2.75) is 205 Å². The van der Waals surface area contributed by atoms with Crippen LogP contribution in [0.2, 0.25) is 166 Å². The van der Waals surface area contributed by atoms with Gasteiger partial charge in [-0.15, -0.1) is 0 Å². The molecule has 0 aromatic heterocycles. The number of hydrogen-bond donors (Lipinski definition) is 0. The molecule has 0 aliphatic carbocycles. The molecule has 0 amide bonds. The minimum Gasteiger partial charge on any atom is -0.463 e. The third-order valence-corrected chi connectivity index (χ3v) is 78.8. The standard InChI is InChI=1S/C57H108O19Si14/c1-77(68-82(10,11)71-79(4,5)50-88(18)65-41-32-44-86(16,75-88)56(59)62-46-53-35-26-22-27-36-53)69-83(12,13)72-80(6,7)51-89(19)66-39-30-42-84(14,73-90(20,76-89)57(60)63-47-54-37-28-23-29-38-54)49-78(2,3)70-81(8,9)67-48-87(17)64-40-31-43-85(15,74-87)55(58)61-45-52-33-24-21-25-34-52/h21-29,33-38,77H,30-32,39-51H2,1-20H3. The number of carbonyl (C=O) groups is 3. The minimum atomic E-state index is -3.90. The minimum absolute atomic E-state index is 0.0762. The van der Waals surface area contributed by atoms with Gasteiger partial charge in [0, 0.05) is 31.2 Å². The zero-order valence-electron chi connectivity index (χ0n) is 57.8. The fourth-order valence-electron chi connectivity index (χ4n) is 13.3. The van der Waals surface area contributed by atoms with E-state index in [9.17, 15) is 14.4 Å². The van der Waals surface area contributed by atoms with Crippen LogP contribution in [0.5, 0.6) is 0 Å². The second-order valence-electron chi connectivity index (χ2n) is 29.1. The number of hydrogen-bond acceptors (Lipinski definition) is 19. The maximum absolute atomic E-state index is 14.9. The smallest absolute Gasteiger partial charge is 0.440 e. The van der Waals surface area contributed by atoms with Gasteiger partial charge in [0.1, 0.15) is 19.8 Å². The predicted molar refractivity (Wildman–Crippen MR) is 385 cm³/mol. The zero-order valence-corrected chi connectivity index (χ0v) is 72.0. The molecule has 3 saturated heterocycles. The number of ether oxygens (including phenoxy) is 3. The summed E-state index contributed by atoms with van der Waals surface area (Å²) in [4.78, 5) is 42.3. The number of rotatable bonds is 28. The van der Waals surface area contributed by atoms with E-state index in [1.165, 1.54) is 0 Å². The quantitative estimate of drug-likeness (QED) is 0.0490. The van der Waals surface area contributed by atoms with E-state index in [0.29, 0.717) is 55.3 Å². The predicted octanol–water partition coefficient (Wildman–Crippen LogP) is 14.9.